The number of fused-ring (bicyclic) bond motifs is 1. The van der Waals surface area contributed by atoms with Crippen LogP contribution < -0.4 is 14.8 Å². The lowest BCUT2D eigenvalue weighted by molar-refractivity contribution is 0.0203. The number of hydrogen-bond donors (Lipinski definition) is 1. The summed E-state index contributed by atoms with van der Waals surface area (Å²) in [4.78, 5) is 6.47. The van der Waals surface area contributed by atoms with Gasteiger partial charge in [-0.05, 0) is 42.9 Å². The molecule has 1 fully saturated rings. The fourth-order valence-electron chi connectivity index (χ4n) is 3.31. The Bertz CT molecular complexity index is 623. The lowest BCUT2D eigenvalue weighted by Crippen LogP contribution is -2.39. The van der Waals surface area contributed by atoms with Crippen molar-refractivity contribution in [3.8, 4) is 11.5 Å². The molecular formula is C20H32IN3O4. The van der Waals surface area contributed by atoms with Crippen molar-refractivity contribution in [3.63, 3.8) is 0 Å². The molecule has 0 amide bonds. The zero-order valence-electron chi connectivity index (χ0n) is 16.8. The van der Waals surface area contributed by atoms with Crippen molar-refractivity contribution in [1.29, 1.82) is 0 Å². The molecule has 1 aromatic rings. The number of ether oxygens (including phenoxy) is 4. The van der Waals surface area contributed by atoms with Crippen LogP contribution in [0.1, 0.15) is 24.8 Å². The number of aliphatic imine (C=N–C) groups is 1. The number of nitrogens with one attached hydrogen (secondary N) is 1. The van der Waals surface area contributed by atoms with Gasteiger partial charge in [0.25, 0.3) is 0 Å². The maximum Gasteiger partial charge on any atom is 0.231 e. The molecule has 0 aliphatic carbocycles. The molecule has 8 heteroatoms. The Labute approximate surface area is 184 Å². The van der Waals surface area contributed by atoms with E-state index in [-0.39, 0.29) is 24.0 Å². The van der Waals surface area contributed by atoms with E-state index in [2.05, 4.69) is 21.3 Å². The summed E-state index contributed by atoms with van der Waals surface area (Å²) in [6.07, 6.45) is 3.20. The zero-order valence-corrected chi connectivity index (χ0v) is 19.1. The minimum absolute atomic E-state index is 0. The molecular weight excluding hydrogens is 473 g/mol. The average Bonchev–Trinajstić information content (AvgIpc) is 3.16. The predicted octanol–water partition coefficient (Wildman–Crippen LogP) is 2.87. The summed E-state index contributed by atoms with van der Waals surface area (Å²) in [7, 11) is 3.84. The molecule has 0 unspecified atom stereocenters. The molecule has 1 saturated heterocycles. The van der Waals surface area contributed by atoms with Crippen LogP contribution in [0.2, 0.25) is 0 Å². The molecule has 28 heavy (non-hydrogen) atoms. The minimum atomic E-state index is 0. The van der Waals surface area contributed by atoms with Gasteiger partial charge in [-0.25, -0.2) is 0 Å². The normalized spacial score (nSPS) is 16.6. The molecule has 0 radical (unpaired) electrons. The summed E-state index contributed by atoms with van der Waals surface area (Å²) in [5, 5.41) is 3.40. The van der Waals surface area contributed by atoms with Gasteiger partial charge in [0, 0.05) is 53.6 Å². The first-order chi connectivity index (χ1) is 13.3. The van der Waals surface area contributed by atoms with Crippen molar-refractivity contribution in [2.24, 2.45) is 10.9 Å². The van der Waals surface area contributed by atoms with Crippen molar-refractivity contribution in [1.82, 2.24) is 10.2 Å². The van der Waals surface area contributed by atoms with Crippen LogP contribution in [-0.4, -0.2) is 64.7 Å². The first-order valence-corrected chi connectivity index (χ1v) is 9.72. The Morgan fingerprint density at radius 2 is 2.04 bits per heavy atom. The first-order valence-electron chi connectivity index (χ1n) is 9.72. The van der Waals surface area contributed by atoms with Crippen molar-refractivity contribution in [3.05, 3.63) is 23.8 Å². The van der Waals surface area contributed by atoms with E-state index in [1.54, 1.807) is 7.05 Å². The van der Waals surface area contributed by atoms with Crippen molar-refractivity contribution in [2.75, 3.05) is 53.9 Å². The standard InChI is InChI=1S/C20H31N3O4.HI/c1-21-20(22-8-3-9-25-14-16-6-10-24-11-7-16)23(2)13-17-4-5-18-19(12-17)27-15-26-18;/h4-5,12,16H,3,6-11,13-15H2,1-2H3,(H,21,22);1H. The Balaban J connectivity index is 0.00000280. The zero-order chi connectivity index (χ0) is 18.9. The molecule has 0 spiro atoms. The van der Waals surface area contributed by atoms with Crippen LogP contribution >= 0.6 is 24.0 Å². The van der Waals surface area contributed by atoms with Gasteiger partial charge in [-0.15, -0.1) is 24.0 Å². The highest BCUT2D eigenvalue weighted by atomic mass is 127. The van der Waals surface area contributed by atoms with Gasteiger partial charge >= 0.3 is 0 Å². The van der Waals surface area contributed by atoms with Gasteiger partial charge in [0.15, 0.2) is 17.5 Å². The van der Waals surface area contributed by atoms with Gasteiger partial charge in [0.05, 0.1) is 0 Å². The Morgan fingerprint density at radius 3 is 2.82 bits per heavy atom. The molecule has 2 aliphatic rings. The quantitative estimate of drug-likeness (QED) is 0.254. The molecule has 2 aliphatic heterocycles. The lowest BCUT2D eigenvalue weighted by atomic mass is 10.0. The van der Waals surface area contributed by atoms with E-state index < -0.39 is 0 Å². The van der Waals surface area contributed by atoms with Crippen LogP contribution in [0.15, 0.2) is 23.2 Å². The Hall–Kier alpha value is -1.26. The molecule has 1 N–H and O–H groups in total. The van der Waals surface area contributed by atoms with Gasteiger partial charge in [0.1, 0.15) is 0 Å². The summed E-state index contributed by atoms with van der Waals surface area (Å²) in [5.41, 5.74) is 1.16. The summed E-state index contributed by atoms with van der Waals surface area (Å²) in [6, 6.07) is 6.04. The average molecular weight is 505 g/mol. The van der Waals surface area contributed by atoms with Crippen LogP contribution in [0.5, 0.6) is 11.5 Å². The topological polar surface area (TPSA) is 64.6 Å². The second-order valence-electron chi connectivity index (χ2n) is 7.00. The number of nitrogens with zero attached hydrogens (tertiary/aromatic N) is 2. The second kappa shape index (κ2) is 12.3. The minimum Gasteiger partial charge on any atom is -0.454 e. The fraction of sp³-hybridized carbons (Fsp3) is 0.650. The van der Waals surface area contributed by atoms with E-state index in [4.69, 9.17) is 18.9 Å². The summed E-state index contributed by atoms with van der Waals surface area (Å²) < 4.78 is 22.0. The van der Waals surface area contributed by atoms with E-state index in [1.165, 1.54) is 0 Å². The van der Waals surface area contributed by atoms with Crippen LogP contribution in [0, 0.1) is 5.92 Å². The van der Waals surface area contributed by atoms with Crippen LogP contribution in [-0.2, 0) is 16.0 Å². The van der Waals surface area contributed by atoms with E-state index >= 15 is 0 Å². The molecule has 0 atom stereocenters. The molecule has 0 saturated carbocycles. The fourth-order valence-corrected chi connectivity index (χ4v) is 3.31. The van der Waals surface area contributed by atoms with Crippen LogP contribution in [0.4, 0.5) is 0 Å². The highest BCUT2D eigenvalue weighted by Gasteiger charge is 2.15. The number of halogens is 1. The van der Waals surface area contributed by atoms with Gasteiger partial charge < -0.3 is 29.2 Å². The molecule has 2 heterocycles. The third-order valence-electron chi connectivity index (χ3n) is 4.87. The molecule has 7 nitrogen and oxygen atoms in total. The second-order valence-corrected chi connectivity index (χ2v) is 7.00. The monoisotopic (exact) mass is 505 g/mol. The first kappa shape index (κ1) is 23.0. The smallest absolute Gasteiger partial charge is 0.231 e. The summed E-state index contributed by atoms with van der Waals surface area (Å²) >= 11 is 0. The SMILES string of the molecule is CN=C(NCCCOCC1CCOCC1)N(C)Cc1ccc2c(c1)OCO2.I. The molecule has 1 aromatic carbocycles. The van der Waals surface area contributed by atoms with Gasteiger partial charge in [-0.3, -0.25) is 4.99 Å². The van der Waals surface area contributed by atoms with Crippen molar-refractivity contribution >= 4 is 29.9 Å². The number of hydrogen-bond acceptors (Lipinski definition) is 5. The summed E-state index contributed by atoms with van der Waals surface area (Å²) in [6.45, 7) is 5.26. The van der Waals surface area contributed by atoms with Gasteiger partial charge in [0.2, 0.25) is 6.79 Å². The third kappa shape index (κ3) is 6.97. The largest absolute Gasteiger partial charge is 0.454 e. The number of guanidine groups is 1. The molecule has 3 rings (SSSR count). The Kier molecular flexibility index (Phi) is 10.1. The summed E-state index contributed by atoms with van der Waals surface area (Å²) in [5.74, 6) is 3.15. The van der Waals surface area contributed by atoms with E-state index in [9.17, 15) is 0 Å². The van der Waals surface area contributed by atoms with Crippen molar-refractivity contribution < 1.29 is 18.9 Å². The van der Waals surface area contributed by atoms with E-state index in [0.29, 0.717) is 12.7 Å². The van der Waals surface area contributed by atoms with E-state index in [0.717, 1.165) is 81.8 Å². The lowest BCUT2D eigenvalue weighted by Gasteiger charge is -2.23. The van der Waals surface area contributed by atoms with Crippen LogP contribution in [0.3, 0.4) is 0 Å². The van der Waals surface area contributed by atoms with Gasteiger partial charge in [-0.1, -0.05) is 6.07 Å². The highest BCUT2D eigenvalue weighted by Crippen LogP contribution is 2.32. The number of rotatable bonds is 8. The van der Waals surface area contributed by atoms with Crippen molar-refractivity contribution in [2.45, 2.75) is 25.8 Å². The molecule has 0 aromatic heterocycles. The third-order valence-corrected chi connectivity index (χ3v) is 4.87. The Morgan fingerprint density at radius 1 is 1.25 bits per heavy atom. The highest BCUT2D eigenvalue weighted by molar-refractivity contribution is 14.0. The number of benzene rings is 1. The van der Waals surface area contributed by atoms with E-state index in [1.807, 2.05) is 19.2 Å². The molecule has 0 bridgehead atoms. The maximum atomic E-state index is 5.81. The predicted molar refractivity (Wildman–Crippen MR) is 120 cm³/mol. The molecule has 158 valence electrons. The van der Waals surface area contributed by atoms with Gasteiger partial charge in [-0.2, -0.15) is 0 Å². The van der Waals surface area contributed by atoms with Crippen LogP contribution in [0.25, 0.3) is 0 Å². The maximum absolute atomic E-state index is 5.81.